The van der Waals surface area contributed by atoms with Crippen molar-refractivity contribution >= 4 is 77.7 Å². The highest BCUT2D eigenvalue weighted by Crippen LogP contribution is 2.45. The van der Waals surface area contributed by atoms with Gasteiger partial charge >= 0.3 is 0 Å². The zero-order chi connectivity index (χ0) is 69.3. The van der Waals surface area contributed by atoms with Crippen molar-refractivity contribution in [3.8, 4) is 16.8 Å². The van der Waals surface area contributed by atoms with Gasteiger partial charge in [0.2, 0.25) is 0 Å². The second kappa shape index (κ2) is 45.2. The van der Waals surface area contributed by atoms with Crippen molar-refractivity contribution in [2.24, 2.45) is 7.05 Å². The van der Waals surface area contributed by atoms with Gasteiger partial charge in [-0.15, -0.1) is 0 Å². The molecule has 0 spiro atoms. The number of aryl methyl sites for hydroxylation is 2. The van der Waals surface area contributed by atoms with Crippen LogP contribution in [0.2, 0.25) is 0 Å². The third-order valence-corrected chi connectivity index (χ3v) is 14.8. The Kier molecular flexibility index (Phi) is 37.7. The SMILES string of the molecule is C.CC.CC.CC.CC.CC.CC.CC.CC.Cc1ccccc1.Cn1c2ccccc2c2ccccc21.c1ccc(-n2c3ccccc3c3ccccc32)cc1.c1ccc(N(c2ccccc2)c2ccc3c(c2)Cc2cc(N(c4ccccc4)c4ccccc4)ccc2-3)cc1. The molecule has 2 aromatic heterocycles. The van der Waals surface area contributed by atoms with Crippen LogP contribution in [0.25, 0.3) is 60.4 Å². The Morgan fingerprint density at radius 3 is 0.771 bits per heavy atom. The lowest BCUT2D eigenvalue weighted by atomic mass is 10.0. The Labute approximate surface area is 580 Å². The predicted molar refractivity (Wildman–Crippen MR) is 434 cm³/mol. The molecule has 4 nitrogen and oxygen atoms in total. The van der Waals surface area contributed by atoms with E-state index < -0.39 is 0 Å². The largest absolute Gasteiger partial charge is 0.344 e. The average Bonchev–Trinajstić information content (AvgIpc) is 1.60. The van der Waals surface area contributed by atoms with Crippen LogP contribution in [0.1, 0.15) is 135 Å². The topological polar surface area (TPSA) is 16.3 Å². The molecule has 0 radical (unpaired) electrons. The molecule has 500 valence electrons. The average molecular weight is 1270 g/mol. The maximum atomic E-state index is 2.36. The molecule has 0 unspecified atom stereocenters. The maximum absolute atomic E-state index is 2.36. The van der Waals surface area contributed by atoms with E-state index in [0.717, 1.165) is 29.2 Å². The summed E-state index contributed by atoms with van der Waals surface area (Å²) in [7, 11) is 2.12. The summed E-state index contributed by atoms with van der Waals surface area (Å²) in [5.41, 5.74) is 20.0. The molecule has 0 aliphatic heterocycles. The molecule has 12 aromatic carbocycles. The van der Waals surface area contributed by atoms with Gasteiger partial charge in [0.25, 0.3) is 0 Å². The molecule has 96 heavy (non-hydrogen) atoms. The molecule has 2 heterocycles. The van der Waals surface area contributed by atoms with Gasteiger partial charge in [0.1, 0.15) is 0 Å². The Hall–Kier alpha value is -10.2. The van der Waals surface area contributed by atoms with Crippen molar-refractivity contribution < 1.29 is 0 Å². The Morgan fingerprint density at radius 1 is 0.250 bits per heavy atom. The fraction of sp³-hybridized carbons (Fsp3) is 0.217. The minimum absolute atomic E-state index is 0. The molecule has 0 atom stereocenters. The van der Waals surface area contributed by atoms with Gasteiger partial charge in [-0.1, -0.05) is 330 Å². The van der Waals surface area contributed by atoms with E-state index in [1.165, 1.54) is 88.5 Å². The van der Waals surface area contributed by atoms with Crippen LogP contribution < -0.4 is 9.80 Å². The van der Waals surface area contributed by atoms with Crippen LogP contribution in [0.15, 0.2) is 315 Å². The van der Waals surface area contributed by atoms with Gasteiger partial charge in [-0.25, -0.2) is 0 Å². The van der Waals surface area contributed by atoms with Crippen molar-refractivity contribution in [3.05, 3.63) is 332 Å². The van der Waals surface area contributed by atoms with Crippen LogP contribution in [-0.2, 0) is 13.5 Å². The summed E-state index contributed by atoms with van der Waals surface area (Å²) in [6.07, 6.45) is 0.918. The molecule has 0 N–H and O–H groups in total. The lowest BCUT2D eigenvalue weighted by molar-refractivity contribution is 1.01. The minimum atomic E-state index is 0. The van der Waals surface area contributed by atoms with Crippen molar-refractivity contribution in [2.75, 3.05) is 9.80 Å². The van der Waals surface area contributed by atoms with E-state index in [9.17, 15) is 0 Å². The molecule has 4 heteroatoms. The number of hydrogen-bond acceptors (Lipinski definition) is 2. The summed E-state index contributed by atoms with van der Waals surface area (Å²) >= 11 is 0. The molecular formula is C92H112N4. The van der Waals surface area contributed by atoms with Crippen LogP contribution in [0.3, 0.4) is 0 Å². The molecule has 0 bridgehead atoms. The zero-order valence-electron chi connectivity index (χ0n) is 60.5. The highest BCUT2D eigenvalue weighted by atomic mass is 15.1. The number of hydrogen-bond donors (Lipinski definition) is 0. The fourth-order valence-corrected chi connectivity index (χ4v) is 11.1. The number of rotatable bonds is 7. The fourth-order valence-electron chi connectivity index (χ4n) is 11.1. The van der Waals surface area contributed by atoms with Crippen LogP contribution in [-0.4, -0.2) is 9.13 Å². The van der Waals surface area contributed by atoms with E-state index in [2.05, 4.69) is 330 Å². The van der Waals surface area contributed by atoms with Crippen LogP contribution in [0, 0.1) is 6.92 Å². The monoisotopic (exact) mass is 1270 g/mol. The molecule has 0 saturated carbocycles. The lowest BCUT2D eigenvalue weighted by Crippen LogP contribution is -2.10. The maximum Gasteiger partial charge on any atom is 0.0541 e. The molecule has 1 aliphatic rings. The summed E-state index contributed by atoms with van der Waals surface area (Å²) in [6, 6.07) is 111. The van der Waals surface area contributed by atoms with Crippen molar-refractivity contribution in [1.82, 2.24) is 9.13 Å². The highest BCUT2D eigenvalue weighted by molar-refractivity contribution is 6.09. The van der Waals surface area contributed by atoms with E-state index in [1.54, 1.807) is 0 Å². The Balaban J connectivity index is 0.000000351. The number of aromatic nitrogens is 2. The van der Waals surface area contributed by atoms with Crippen LogP contribution >= 0.6 is 0 Å². The first-order valence-corrected chi connectivity index (χ1v) is 35.1. The van der Waals surface area contributed by atoms with Gasteiger partial charge in [-0.05, 0) is 145 Å². The summed E-state index contributed by atoms with van der Waals surface area (Å²) in [5, 5.41) is 5.29. The first-order valence-electron chi connectivity index (χ1n) is 35.1. The van der Waals surface area contributed by atoms with E-state index in [4.69, 9.17) is 0 Å². The van der Waals surface area contributed by atoms with Crippen LogP contribution in [0.4, 0.5) is 34.1 Å². The number of anilines is 6. The lowest BCUT2D eigenvalue weighted by Gasteiger charge is -2.26. The molecular weight excluding hydrogens is 1160 g/mol. The highest BCUT2D eigenvalue weighted by Gasteiger charge is 2.23. The second-order valence-corrected chi connectivity index (χ2v) is 19.8. The van der Waals surface area contributed by atoms with Gasteiger partial charge in [-0.3, -0.25) is 0 Å². The van der Waals surface area contributed by atoms with E-state index >= 15 is 0 Å². The number of fused-ring (bicyclic) bond motifs is 9. The van der Waals surface area contributed by atoms with Crippen molar-refractivity contribution in [2.45, 2.75) is 132 Å². The molecule has 1 aliphatic carbocycles. The van der Waals surface area contributed by atoms with Gasteiger partial charge in [0.15, 0.2) is 0 Å². The third kappa shape index (κ3) is 20.4. The van der Waals surface area contributed by atoms with Gasteiger partial charge in [0, 0.05) is 79.4 Å². The predicted octanol–water partition coefficient (Wildman–Crippen LogP) is 29.2. The third-order valence-electron chi connectivity index (χ3n) is 14.8. The smallest absolute Gasteiger partial charge is 0.0541 e. The standard InChI is InChI=1S/C37H28N2.C18H13N.C13H11N.C7H8.8C2H6.CH4/c1-5-13-30(14-6-1)38(31-15-7-2-8-16-31)34-21-23-36-28(26-34)25-29-27-35(22-24-37(29)36)39(32-17-9-3-10-18-32)33-19-11-4-12-20-33;1-2-8-14(9-3-1)19-17-12-6-4-10-15(17)16-11-5-7-13-18(16)19;1-14-12-8-4-2-6-10(12)11-7-3-5-9-13(11)14;1-7-5-3-2-4-6-7;8*1-2;/h1-24,26-27H,25H2;1-13H;2-9H,1H3;2-6H,1H3;8*1-2H3;1H4. The molecule has 14 aromatic rings. The number of benzene rings is 12. The Morgan fingerprint density at radius 2 is 0.490 bits per heavy atom. The van der Waals surface area contributed by atoms with E-state index in [0.29, 0.717) is 0 Å². The first kappa shape index (κ1) is 80.1. The molecule has 0 saturated heterocycles. The summed E-state index contributed by atoms with van der Waals surface area (Å²) in [4.78, 5) is 4.67. The summed E-state index contributed by atoms with van der Waals surface area (Å²) < 4.78 is 4.56. The van der Waals surface area contributed by atoms with E-state index in [1.807, 2.05) is 129 Å². The molecule has 0 fully saturated rings. The van der Waals surface area contributed by atoms with Gasteiger partial charge < -0.3 is 18.9 Å². The van der Waals surface area contributed by atoms with Gasteiger partial charge in [-0.2, -0.15) is 0 Å². The number of para-hydroxylation sites is 9. The normalized spacial score (nSPS) is 9.65. The molecule has 15 rings (SSSR count). The Bertz CT molecular complexity index is 3970. The van der Waals surface area contributed by atoms with Gasteiger partial charge in [0.05, 0.1) is 11.0 Å². The quantitative estimate of drug-likeness (QED) is 0.158. The van der Waals surface area contributed by atoms with Crippen molar-refractivity contribution in [3.63, 3.8) is 0 Å². The molecule has 0 amide bonds. The second-order valence-electron chi connectivity index (χ2n) is 19.8. The summed E-state index contributed by atoms with van der Waals surface area (Å²) in [6.45, 7) is 34.1. The first-order chi connectivity index (χ1) is 47.1. The zero-order valence-corrected chi connectivity index (χ0v) is 60.5. The van der Waals surface area contributed by atoms with E-state index in [-0.39, 0.29) is 7.43 Å². The van der Waals surface area contributed by atoms with Crippen molar-refractivity contribution in [1.29, 1.82) is 0 Å². The summed E-state index contributed by atoms with van der Waals surface area (Å²) in [5.74, 6) is 0. The minimum Gasteiger partial charge on any atom is -0.344 e. The number of nitrogens with zero attached hydrogens (tertiary/aromatic N) is 4. The van der Waals surface area contributed by atoms with Crippen LogP contribution in [0.5, 0.6) is 0 Å².